The Morgan fingerprint density at radius 2 is 2.00 bits per heavy atom. The number of carbonyl (C=O) groups excluding carboxylic acids is 1. The van der Waals surface area contributed by atoms with E-state index in [0.29, 0.717) is 0 Å². The molecule has 4 nitrogen and oxygen atoms in total. The molecule has 1 aromatic carbocycles. The maximum Gasteiger partial charge on any atom is 0.260 e. The Morgan fingerprint density at radius 3 is 2.65 bits per heavy atom. The highest BCUT2D eigenvalue weighted by Crippen LogP contribution is 2.20. The zero-order valence-electron chi connectivity index (χ0n) is 12.2. The summed E-state index contributed by atoms with van der Waals surface area (Å²) in [6.45, 7) is 2.94. The molecule has 2 rings (SSSR count). The van der Waals surface area contributed by atoms with Gasteiger partial charge in [0, 0.05) is 13.1 Å². The molecule has 0 saturated carbocycles. The third-order valence-electron chi connectivity index (χ3n) is 3.88. The van der Waals surface area contributed by atoms with Gasteiger partial charge in [-0.2, -0.15) is 0 Å². The fourth-order valence-electron chi connectivity index (χ4n) is 2.57. The van der Waals surface area contributed by atoms with Crippen molar-refractivity contribution >= 4 is 5.91 Å². The van der Waals surface area contributed by atoms with Crippen molar-refractivity contribution in [2.45, 2.75) is 19.3 Å². The van der Waals surface area contributed by atoms with Crippen LogP contribution in [0.5, 0.6) is 5.75 Å². The second-order valence-corrected chi connectivity index (χ2v) is 5.32. The normalized spacial score (nSPS) is 16.1. The van der Waals surface area contributed by atoms with Crippen molar-refractivity contribution in [3.63, 3.8) is 0 Å². The van der Waals surface area contributed by atoms with Gasteiger partial charge in [-0.05, 0) is 50.9 Å². The number of nitrogens with zero attached hydrogens (tertiary/aromatic N) is 1. The van der Waals surface area contributed by atoms with Crippen molar-refractivity contribution in [3.05, 3.63) is 30.3 Å². The maximum atomic E-state index is 12.1. The summed E-state index contributed by atoms with van der Waals surface area (Å²) in [6.07, 6.45) is 3.43. The van der Waals surface area contributed by atoms with Gasteiger partial charge in [0.2, 0.25) is 0 Å². The molecule has 0 spiro atoms. The topological polar surface area (TPSA) is 41.6 Å². The van der Waals surface area contributed by atoms with Crippen LogP contribution in [0.15, 0.2) is 30.3 Å². The van der Waals surface area contributed by atoms with Gasteiger partial charge in [-0.15, -0.1) is 0 Å². The van der Waals surface area contributed by atoms with Crippen molar-refractivity contribution in [1.29, 1.82) is 0 Å². The molecule has 1 amide bonds. The van der Waals surface area contributed by atoms with Crippen LogP contribution in [-0.4, -0.2) is 44.1 Å². The molecule has 1 saturated heterocycles. The Kier molecular flexibility index (Phi) is 5.87. The van der Waals surface area contributed by atoms with Gasteiger partial charge in [-0.1, -0.05) is 18.2 Å². The zero-order chi connectivity index (χ0) is 14.2. The van der Waals surface area contributed by atoms with Crippen LogP contribution >= 0.6 is 0 Å². The lowest BCUT2D eigenvalue weighted by Crippen LogP contribution is -2.41. The molecule has 0 aliphatic carbocycles. The van der Waals surface area contributed by atoms with Crippen molar-refractivity contribution < 1.29 is 9.53 Å². The van der Waals surface area contributed by atoms with E-state index in [1.807, 2.05) is 42.3 Å². The molecule has 0 atom stereocenters. The predicted molar refractivity (Wildman–Crippen MR) is 79.8 cm³/mol. The number of likely N-dealkylation sites (tertiary alicyclic amines) is 1. The summed E-state index contributed by atoms with van der Waals surface area (Å²) >= 11 is 0. The number of ether oxygens (including phenoxy) is 1. The highest BCUT2D eigenvalue weighted by molar-refractivity contribution is 5.77. The SMILES string of the molecule is CNCCC1CCN(C(=O)COc2ccccc2)CC1. The Balaban J connectivity index is 1.69. The average molecular weight is 276 g/mol. The smallest absolute Gasteiger partial charge is 0.260 e. The van der Waals surface area contributed by atoms with Gasteiger partial charge in [0.1, 0.15) is 5.75 Å². The number of rotatable bonds is 6. The molecule has 1 aliphatic rings. The fraction of sp³-hybridized carbons (Fsp3) is 0.562. The predicted octanol–water partition coefficient (Wildman–Crippen LogP) is 1.91. The van der Waals surface area contributed by atoms with E-state index in [2.05, 4.69) is 5.32 Å². The van der Waals surface area contributed by atoms with Gasteiger partial charge in [0.15, 0.2) is 6.61 Å². The molecular weight excluding hydrogens is 252 g/mol. The number of amides is 1. The van der Waals surface area contributed by atoms with Crippen molar-refractivity contribution in [2.24, 2.45) is 5.92 Å². The number of benzene rings is 1. The molecule has 4 heteroatoms. The van der Waals surface area contributed by atoms with Gasteiger partial charge in [0.25, 0.3) is 5.91 Å². The first kappa shape index (κ1) is 14.9. The number of piperidine rings is 1. The van der Waals surface area contributed by atoms with Gasteiger partial charge in [-0.25, -0.2) is 0 Å². The molecule has 0 unspecified atom stereocenters. The van der Waals surface area contributed by atoms with E-state index in [1.165, 1.54) is 6.42 Å². The van der Waals surface area contributed by atoms with E-state index < -0.39 is 0 Å². The van der Waals surface area contributed by atoms with Crippen LogP contribution in [0, 0.1) is 5.92 Å². The lowest BCUT2D eigenvalue weighted by molar-refractivity contribution is -0.134. The summed E-state index contributed by atoms with van der Waals surface area (Å²) < 4.78 is 5.51. The highest BCUT2D eigenvalue weighted by atomic mass is 16.5. The van der Waals surface area contributed by atoms with Crippen LogP contribution < -0.4 is 10.1 Å². The van der Waals surface area contributed by atoms with E-state index in [0.717, 1.165) is 44.1 Å². The number of hydrogen-bond donors (Lipinski definition) is 1. The van der Waals surface area contributed by atoms with Crippen molar-refractivity contribution in [3.8, 4) is 5.75 Å². The van der Waals surface area contributed by atoms with Crippen molar-refractivity contribution in [1.82, 2.24) is 10.2 Å². The molecular formula is C16H24N2O2. The Morgan fingerprint density at radius 1 is 1.30 bits per heavy atom. The molecule has 0 aromatic heterocycles. The Labute approximate surface area is 121 Å². The summed E-state index contributed by atoms with van der Waals surface area (Å²) in [5.41, 5.74) is 0. The summed E-state index contributed by atoms with van der Waals surface area (Å²) in [6, 6.07) is 9.50. The lowest BCUT2D eigenvalue weighted by atomic mass is 9.93. The third kappa shape index (κ3) is 4.53. The minimum Gasteiger partial charge on any atom is -0.484 e. The molecule has 1 N–H and O–H groups in total. The quantitative estimate of drug-likeness (QED) is 0.863. The minimum absolute atomic E-state index is 0.0981. The summed E-state index contributed by atoms with van der Waals surface area (Å²) in [5, 5.41) is 3.19. The van der Waals surface area contributed by atoms with E-state index in [1.54, 1.807) is 0 Å². The zero-order valence-corrected chi connectivity index (χ0v) is 12.2. The van der Waals surface area contributed by atoms with E-state index in [-0.39, 0.29) is 12.5 Å². The van der Waals surface area contributed by atoms with Crippen LogP contribution in [0.3, 0.4) is 0 Å². The summed E-state index contributed by atoms with van der Waals surface area (Å²) in [4.78, 5) is 14.0. The first-order valence-electron chi connectivity index (χ1n) is 7.40. The first-order chi connectivity index (χ1) is 9.79. The number of nitrogens with one attached hydrogen (secondary N) is 1. The average Bonchev–Trinajstić information content (AvgIpc) is 2.52. The lowest BCUT2D eigenvalue weighted by Gasteiger charge is -2.32. The third-order valence-corrected chi connectivity index (χ3v) is 3.88. The van der Waals surface area contributed by atoms with E-state index in [4.69, 9.17) is 4.74 Å². The highest BCUT2D eigenvalue weighted by Gasteiger charge is 2.22. The van der Waals surface area contributed by atoms with Crippen LogP contribution in [0.25, 0.3) is 0 Å². The second-order valence-electron chi connectivity index (χ2n) is 5.32. The van der Waals surface area contributed by atoms with Gasteiger partial charge < -0.3 is 15.0 Å². The fourth-order valence-corrected chi connectivity index (χ4v) is 2.57. The second kappa shape index (κ2) is 7.90. The van der Waals surface area contributed by atoms with Crippen molar-refractivity contribution in [2.75, 3.05) is 33.3 Å². The summed E-state index contributed by atoms with van der Waals surface area (Å²) in [5.74, 6) is 1.60. The number of hydrogen-bond acceptors (Lipinski definition) is 3. The minimum atomic E-state index is 0.0981. The largest absolute Gasteiger partial charge is 0.484 e. The van der Waals surface area contributed by atoms with E-state index >= 15 is 0 Å². The molecule has 1 aromatic rings. The number of carbonyl (C=O) groups is 1. The molecule has 1 fully saturated rings. The molecule has 0 radical (unpaired) electrons. The standard InChI is InChI=1S/C16H24N2O2/c1-17-10-7-14-8-11-18(12-9-14)16(19)13-20-15-5-3-2-4-6-15/h2-6,14,17H,7-13H2,1H3. The van der Waals surface area contributed by atoms with Crippen LogP contribution in [-0.2, 0) is 4.79 Å². The maximum absolute atomic E-state index is 12.1. The van der Waals surface area contributed by atoms with Crippen LogP contribution in [0.1, 0.15) is 19.3 Å². The van der Waals surface area contributed by atoms with Gasteiger partial charge in [0.05, 0.1) is 0 Å². The molecule has 0 bridgehead atoms. The van der Waals surface area contributed by atoms with E-state index in [9.17, 15) is 4.79 Å². The van der Waals surface area contributed by atoms with Gasteiger partial charge >= 0.3 is 0 Å². The van der Waals surface area contributed by atoms with Crippen LogP contribution in [0.4, 0.5) is 0 Å². The first-order valence-corrected chi connectivity index (χ1v) is 7.40. The number of para-hydroxylation sites is 1. The molecule has 1 aliphatic heterocycles. The molecule has 20 heavy (non-hydrogen) atoms. The van der Waals surface area contributed by atoms with Crippen LogP contribution in [0.2, 0.25) is 0 Å². The Bertz CT molecular complexity index is 400. The van der Waals surface area contributed by atoms with Gasteiger partial charge in [-0.3, -0.25) is 4.79 Å². The monoisotopic (exact) mass is 276 g/mol. The molecule has 110 valence electrons. The Hall–Kier alpha value is -1.55. The summed E-state index contributed by atoms with van der Waals surface area (Å²) in [7, 11) is 1.99. The molecule has 1 heterocycles.